The third-order valence-corrected chi connectivity index (χ3v) is 1.47. The van der Waals surface area contributed by atoms with E-state index in [1.807, 2.05) is 6.92 Å². The highest BCUT2D eigenvalue weighted by molar-refractivity contribution is 4.71. The molecule has 0 aromatic heterocycles. The molecule has 2 heteroatoms. The van der Waals surface area contributed by atoms with Crippen LogP contribution in [0.5, 0.6) is 0 Å². The standard InChI is InChI=1S/C9H18O2/c1-4-5-7-11-8-6-9(2)10-3/h9H,4-5,7-8H2,1-3H3. The molecule has 0 aliphatic rings. The summed E-state index contributed by atoms with van der Waals surface area (Å²) in [4.78, 5) is 0. The van der Waals surface area contributed by atoms with Crippen molar-refractivity contribution in [2.24, 2.45) is 0 Å². The van der Waals surface area contributed by atoms with Gasteiger partial charge in [-0.1, -0.05) is 13.3 Å². The van der Waals surface area contributed by atoms with E-state index in [4.69, 9.17) is 9.47 Å². The first kappa shape index (κ1) is 10.9. The fourth-order valence-corrected chi connectivity index (χ4v) is 0.578. The number of unbranched alkanes of at least 4 members (excludes halogenated alkanes) is 1. The minimum Gasteiger partial charge on any atom is -0.381 e. The Labute approximate surface area is 69.9 Å². The van der Waals surface area contributed by atoms with E-state index in [0.29, 0.717) is 6.61 Å². The summed E-state index contributed by atoms with van der Waals surface area (Å²) in [6, 6.07) is 0. The fourth-order valence-electron chi connectivity index (χ4n) is 0.578. The number of rotatable bonds is 7. The van der Waals surface area contributed by atoms with E-state index in [0.717, 1.165) is 13.0 Å². The third-order valence-electron chi connectivity index (χ3n) is 1.47. The molecule has 0 aliphatic heterocycles. The molecule has 0 heterocycles. The maximum absolute atomic E-state index is 5.26. The van der Waals surface area contributed by atoms with Crippen LogP contribution in [0.1, 0.15) is 26.7 Å². The van der Waals surface area contributed by atoms with Crippen LogP contribution in [0.2, 0.25) is 0 Å². The van der Waals surface area contributed by atoms with E-state index < -0.39 is 0 Å². The highest BCUT2D eigenvalue weighted by Crippen LogP contribution is 1.95. The van der Waals surface area contributed by atoms with Gasteiger partial charge in [-0.3, -0.25) is 0 Å². The van der Waals surface area contributed by atoms with Crippen molar-refractivity contribution in [1.82, 2.24) is 0 Å². The Kier molecular flexibility index (Phi) is 7.96. The van der Waals surface area contributed by atoms with Gasteiger partial charge in [0.2, 0.25) is 0 Å². The molecular formula is C9H18O2. The Morgan fingerprint density at radius 3 is 2.73 bits per heavy atom. The zero-order valence-corrected chi connectivity index (χ0v) is 7.72. The summed E-state index contributed by atoms with van der Waals surface area (Å²) >= 11 is 0. The topological polar surface area (TPSA) is 18.5 Å². The number of methoxy groups -OCH3 is 1. The summed E-state index contributed by atoms with van der Waals surface area (Å²) < 4.78 is 10.2. The SMILES string of the molecule is CCCCOC[C]C(C)OC. The minimum atomic E-state index is 0.0802. The van der Waals surface area contributed by atoms with Crippen molar-refractivity contribution < 1.29 is 9.47 Å². The lowest BCUT2D eigenvalue weighted by molar-refractivity contribution is 0.100. The Morgan fingerprint density at radius 2 is 2.18 bits per heavy atom. The molecular weight excluding hydrogens is 140 g/mol. The summed E-state index contributed by atoms with van der Waals surface area (Å²) in [6.45, 7) is 5.51. The molecule has 0 amide bonds. The van der Waals surface area contributed by atoms with Gasteiger partial charge in [-0.25, -0.2) is 0 Å². The molecule has 1 unspecified atom stereocenters. The molecule has 0 saturated carbocycles. The molecule has 66 valence electrons. The summed E-state index contributed by atoms with van der Waals surface area (Å²) in [7, 11) is 1.67. The van der Waals surface area contributed by atoms with Gasteiger partial charge in [0.05, 0.1) is 12.7 Å². The quantitative estimate of drug-likeness (QED) is 0.527. The van der Waals surface area contributed by atoms with Gasteiger partial charge in [-0.2, -0.15) is 0 Å². The van der Waals surface area contributed by atoms with E-state index in [1.165, 1.54) is 6.42 Å². The first-order chi connectivity index (χ1) is 5.31. The van der Waals surface area contributed by atoms with E-state index in [9.17, 15) is 0 Å². The lowest BCUT2D eigenvalue weighted by atomic mass is 10.3. The summed E-state index contributed by atoms with van der Waals surface area (Å²) in [5.74, 6) is 0. The Morgan fingerprint density at radius 1 is 1.45 bits per heavy atom. The predicted octanol–water partition coefficient (Wildman–Crippen LogP) is 1.92. The molecule has 0 aromatic carbocycles. The smallest absolute Gasteiger partial charge is 0.0636 e. The van der Waals surface area contributed by atoms with Gasteiger partial charge in [0.15, 0.2) is 0 Å². The third kappa shape index (κ3) is 7.82. The van der Waals surface area contributed by atoms with E-state index >= 15 is 0 Å². The normalized spacial score (nSPS) is 13.4. The first-order valence-corrected chi connectivity index (χ1v) is 4.15. The molecule has 0 aliphatic carbocycles. The van der Waals surface area contributed by atoms with Crippen molar-refractivity contribution in [3.63, 3.8) is 0 Å². The number of hydrogen-bond donors (Lipinski definition) is 0. The second-order valence-electron chi connectivity index (χ2n) is 2.49. The highest BCUT2D eigenvalue weighted by atomic mass is 16.5. The van der Waals surface area contributed by atoms with Crippen LogP contribution in [-0.4, -0.2) is 26.4 Å². The van der Waals surface area contributed by atoms with Gasteiger partial charge >= 0.3 is 0 Å². The van der Waals surface area contributed by atoms with Gasteiger partial charge in [0, 0.05) is 20.1 Å². The molecule has 2 nitrogen and oxygen atoms in total. The maximum Gasteiger partial charge on any atom is 0.0636 e. The van der Waals surface area contributed by atoms with Crippen LogP contribution in [0.4, 0.5) is 0 Å². The van der Waals surface area contributed by atoms with Gasteiger partial charge in [-0.05, 0) is 13.3 Å². The predicted molar refractivity (Wildman–Crippen MR) is 45.4 cm³/mol. The Balaban J connectivity index is 2.89. The van der Waals surface area contributed by atoms with Gasteiger partial charge < -0.3 is 9.47 Å². The summed E-state index contributed by atoms with van der Waals surface area (Å²) in [6.07, 6.45) is 5.44. The highest BCUT2D eigenvalue weighted by Gasteiger charge is 1.98. The van der Waals surface area contributed by atoms with Crippen LogP contribution in [0.3, 0.4) is 0 Å². The molecule has 0 N–H and O–H groups in total. The second-order valence-corrected chi connectivity index (χ2v) is 2.49. The van der Waals surface area contributed by atoms with Crippen molar-refractivity contribution in [1.29, 1.82) is 0 Å². The summed E-state index contributed by atoms with van der Waals surface area (Å²) in [5.41, 5.74) is 0. The zero-order chi connectivity index (χ0) is 8.53. The van der Waals surface area contributed by atoms with Crippen molar-refractivity contribution in [2.75, 3.05) is 20.3 Å². The maximum atomic E-state index is 5.26. The summed E-state index contributed by atoms with van der Waals surface area (Å²) in [5, 5.41) is 0. The number of ether oxygens (including phenoxy) is 2. The number of hydrogen-bond acceptors (Lipinski definition) is 2. The Hall–Kier alpha value is -0.0800. The molecule has 0 rings (SSSR count). The molecule has 1 atom stereocenters. The molecule has 0 bridgehead atoms. The largest absolute Gasteiger partial charge is 0.381 e. The Bertz CT molecular complexity index is 74.0. The van der Waals surface area contributed by atoms with Crippen molar-refractivity contribution in [2.45, 2.75) is 32.8 Å². The van der Waals surface area contributed by atoms with Gasteiger partial charge in [-0.15, -0.1) is 0 Å². The van der Waals surface area contributed by atoms with E-state index in [-0.39, 0.29) is 6.10 Å². The van der Waals surface area contributed by atoms with Crippen LogP contribution < -0.4 is 0 Å². The first-order valence-electron chi connectivity index (χ1n) is 4.15. The lowest BCUT2D eigenvalue weighted by Gasteiger charge is -2.07. The average Bonchev–Trinajstić information content (AvgIpc) is 2.04. The minimum absolute atomic E-state index is 0.0802. The molecule has 0 spiro atoms. The van der Waals surface area contributed by atoms with Crippen LogP contribution in [0.15, 0.2) is 0 Å². The second kappa shape index (κ2) is 8.02. The van der Waals surface area contributed by atoms with E-state index in [2.05, 4.69) is 13.3 Å². The van der Waals surface area contributed by atoms with Crippen molar-refractivity contribution in [3.05, 3.63) is 6.42 Å². The van der Waals surface area contributed by atoms with Gasteiger partial charge in [0.25, 0.3) is 0 Å². The van der Waals surface area contributed by atoms with Crippen LogP contribution in [0, 0.1) is 6.42 Å². The molecule has 0 saturated heterocycles. The monoisotopic (exact) mass is 158 g/mol. The zero-order valence-electron chi connectivity index (χ0n) is 7.72. The van der Waals surface area contributed by atoms with Crippen LogP contribution in [-0.2, 0) is 9.47 Å². The molecule has 0 fully saturated rings. The van der Waals surface area contributed by atoms with Gasteiger partial charge in [0.1, 0.15) is 0 Å². The average molecular weight is 158 g/mol. The molecule has 0 aromatic rings. The molecule has 11 heavy (non-hydrogen) atoms. The fraction of sp³-hybridized carbons (Fsp3) is 0.889. The van der Waals surface area contributed by atoms with E-state index in [1.54, 1.807) is 7.11 Å². The van der Waals surface area contributed by atoms with Crippen molar-refractivity contribution in [3.8, 4) is 0 Å². The lowest BCUT2D eigenvalue weighted by Crippen LogP contribution is -2.10. The van der Waals surface area contributed by atoms with Crippen LogP contribution >= 0.6 is 0 Å². The van der Waals surface area contributed by atoms with Crippen LogP contribution in [0.25, 0.3) is 0 Å². The van der Waals surface area contributed by atoms with Crippen molar-refractivity contribution >= 4 is 0 Å². The molecule has 2 radical (unpaired) electrons.